The van der Waals surface area contributed by atoms with Crippen LogP contribution in [0.25, 0.3) is 0 Å². The summed E-state index contributed by atoms with van der Waals surface area (Å²) in [5, 5.41) is 5.79. The molecule has 0 aromatic carbocycles. The first-order valence-electron chi connectivity index (χ1n) is 6.13. The monoisotopic (exact) mass is 255 g/mol. The summed E-state index contributed by atoms with van der Waals surface area (Å²) < 4.78 is 0.523. The topological polar surface area (TPSA) is 12.0 Å². The lowest BCUT2D eigenvalue weighted by atomic mass is 9.88. The molecule has 3 heteroatoms. The van der Waals surface area contributed by atoms with Crippen molar-refractivity contribution in [1.82, 2.24) is 5.32 Å². The third kappa shape index (κ3) is 3.25. The van der Waals surface area contributed by atoms with Crippen LogP contribution in [-0.4, -0.2) is 17.5 Å². The van der Waals surface area contributed by atoms with Gasteiger partial charge in [-0.3, -0.25) is 0 Å². The minimum absolute atomic E-state index is 0.523. The fourth-order valence-corrected chi connectivity index (χ4v) is 4.09. The molecule has 0 radical (unpaired) electrons. The quantitative estimate of drug-likeness (QED) is 0.856. The van der Waals surface area contributed by atoms with Gasteiger partial charge < -0.3 is 5.32 Å². The third-order valence-electron chi connectivity index (χ3n) is 3.52. The van der Waals surface area contributed by atoms with E-state index in [2.05, 4.69) is 40.8 Å². The highest BCUT2D eigenvalue weighted by Crippen LogP contribution is 2.37. The minimum Gasteiger partial charge on any atom is -0.310 e. The molecule has 1 aromatic rings. The molecule has 0 atom stereocenters. The highest BCUT2D eigenvalue weighted by Gasteiger charge is 2.30. The van der Waals surface area contributed by atoms with E-state index in [1.807, 2.05) is 11.3 Å². The first kappa shape index (κ1) is 12.5. The van der Waals surface area contributed by atoms with Crippen LogP contribution >= 0.6 is 23.1 Å². The van der Waals surface area contributed by atoms with Gasteiger partial charge in [0.15, 0.2) is 0 Å². The summed E-state index contributed by atoms with van der Waals surface area (Å²) in [4.78, 5) is 1.45. The lowest BCUT2D eigenvalue weighted by molar-refractivity contribution is 0.380. The van der Waals surface area contributed by atoms with Gasteiger partial charge in [0.1, 0.15) is 0 Å². The van der Waals surface area contributed by atoms with Gasteiger partial charge in [0, 0.05) is 22.7 Å². The van der Waals surface area contributed by atoms with E-state index in [1.165, 1.54) is 43.5 Å². The molecule has 0 amide bonds. The number of nitrogens with one attached hydrogen (secondary N) is 1. The smallest absolute Gasteiger partial charge is 0.0300 e. The zero-order valence-corrected chi connectivity index (χ0v) is 11.6. The Hall–Kier alpha value is 0.01000. The summed E-state index contributed by atoms with van der Waals surface area (Å²) >= 11 is 3.92. The molecule has 0 bridgehead atoms. The van der Waals surface area contributed by atoms with E-state index in [0.717, 1.165) is 6.54 Å². The first-order valence-corrected chi connectivity index (χ1v) is 8.23. The largest absolute Gasteiger partial charge is 0.310 e. The summed E-state index contributed by atoms with van der Waals surface area (Å²) in [6, 6.07) is 4.34. The molecule has 0 spiro atoms. The zero-order valence-electron chi connectivity index (χ0n) is 10.00. The highest BCUT2D eigenvalue weighted by atomic mass is 32.2. The van der Waals surface area contributed by atoms with Crippen LogP contribution in [0, 0.1) is 0 Å². The SMILES string of the molecule is CSC1(CNCc2cccs2)CCCCC1. The first-order chi connectivity index (χ1) is 7.85. The Labute approximate surface area is 107 Å². The van der Waals surface area contributed by atoms with Gasteiger partial charge in [0.25, 0.3) is 0 Å². The average molecular weight is 255 g/mol. The van der Waals surface area contributed by atoms with Crippen LogP contribution in [0.4, 0.5) is 0 Å². The van der Waals surface area contributed by atoms with E-state index in [1.54, 1.807) is 0 Å². The predicted molar refractivity (Wildman–Crippen MR) is 75.4 cm³/mol. The second-order valence-corrected chi connectivity index (χ2v) is 6.94. The van der Waals surface area contributed by atoms with Gasteiger partial charge in [-0.15, -0.1) is 11.3 Å². The highest BCUT2D eigenvalue weighted by molar-refractivity contribution is 8.00. The van der Waals surface area contributed by atoms with Crippen molar-refractivity contribution < 1.29 is 0 Å². The maximum atomic E-state index is 3.64. The number of hydrogen-bond acceptors (Lipinski definition) is 3. The molecule has 1 saturated carbocycles. The van der Waals surface area contributed by atoms with Crippen LogP contribution in [0.2, 0.25) is 0 Å². The fourth-order valence-electron chi connectivity index (χ4n) is 2.48. The van der Waals surface area contributed by atoms with Crippen molar-refractivity contribution in [3.05, 3.63) is 22.4 Å². The Bertz CT molecular complexity index is 289. The summed E-state index contributed by atoms with van der Waals surface area (Å²) in [6.45, 7) is 2.21. The summed E-state index contributed by atoms with van der Waals surface area (Å²) in [7, 11) is 0. The second-order valence-electron chi connectivity index (χ2n) is 4.63. The Morgan fingerprint density at radius 2 is 2.19 bits per heavy atom. The van der Waals surface area contributed by atoms with E-state index < -0.39 is 0 Å². The molecule has 1 aliphatic carbocycles. The molecular weight excluding hydrogens is 234 g/mol. The molecule has 0 saturated heterocycles. The average Bonchev–Trinajstić information content (AvgIpc) is 2.83. The fraction of sp³-hybridized carbons (Fsp3) is 0.692. The Morgan fingerprint density at radius 1 is 1.38 bits per heavy atom. The molecule has 90 valence electrons. The standard InChI is InChI=1S/C13H21NS2/c1-15-13(7-3-2-4-8-13)11-14-10-12-6-5-9-16-12/h5-6,9,14H,2-4,7-8,10-11H2,1H3. The molecule has 2 rings (SSSR count). The van der Waals surface area contributed by atoms with E-state index in [0.29, 0.717) is 4.75 Å². The molecule has 1 heterocycles. The molecule has 0 unspecified atom stereocenters. The van der Waals surface area contributed by atoms with Gasteiger partial charge >= 0.3 is 0 Å². The lowest BCUT2D eigenvalue weighted by Crippen LogP contribution is -2.38. The molecular formula is C13H21NS2. The van der Waals surface area contributed by atoms with Gasteiger partial charge in [0.2, 0.25) is 0 Å². The number of thioether (sulfide) groups is 1. The van der Waals surface area contributed by atoms with Gasteiger partial charge in [-0.2, -0.15) is 11.8 Å². The van der Waals surface area contributed by atoms with Crippen LogP contribution in [0.1, 0.15) is 37.0 Å². The van der Waals surface area contributed by atoms with Crippen LogP contribution in [0.15, 0.2) is 17.5 Å². The third-order valence-corrected chi connectivity index (χ3v) is 5.82. The van der Waals surface area contributed by atoms with Crippen LogP contribution in [-0.2, 0) is 6.54 Å². The number of hydrogen-bond donors (Lipinski definition) is 1. The number of thiophene rings is 1. The normalized spacial score (nSPS) is 19.8. The second kappa shape index (κ2) is 6.08. The van der Waals surface area contributed by atoms with Gasteiger partial charge in [-0.05, 0) is 30.5 Å². The maximum absolute atomic E-state index is 3.64. The van der Waals surface area contributed by atoms with E-state index >= 15 is 0 Å². The molecule has 1 fully saturated rings. The molecule has 1 aromatic heterocycles. The molecule has 1 nitrogen and oxygen atoms in total. The van der Waals surface area contributed by atoms with Crippen LogP contribution < -0.4 is 5.32 Å². The molecule has 0 aliphatic heterocycles. The van der Waals surface area contributed by atoms with Gasteiger partial charge in [-0.1, -0.05) is 25.3 Å². The predicted octanol–water partition coefficient (Wildman–Crippen LogP) is 3.90. The van der Waals surface area contributed by atoms with E-state index in [-0.39, 0.29) is 0 Å². The van der Waals surface area contributed by atoms with Crippen LogP contribution in [0.5, 0.6) is 0 Å². The molecule has 16 heavy (non-hydrogen) atoms. The Morgan fingerprint density at radius 3 is 2.81 bits per heavy atom. The van der Waals surface area contributed by atoms with Crippen molar-refractivity contribution in [2.24, 2.45) is 0 Å². The van der Waals surface area contributed by atoms with Crippen molar-refractivity contribution in [3.63, 3.8) is 0 Å². The summed E-state index contributed by atoms with van der Waals surface area (Å²) in [6.07, 6.45) is 9.34. The van der Waals surface area contributed by atoms with Crippen molar-refractivity contribution in [3.8, 4) is 0 Å². The van der Waals surface area contributed by atoms with Crippen LogP contribution in [0.3, 0.4) is 0 Å². The Kier molecular flexibility index (Phi) is 4.74. The maximum Gasteiger partial charge on any atom is 0.0300 e. The van der Waals surface area contributed by atoms with Crippen molar-refractivity contribution in [2.75, 3.05) is 12.8 Å². The van der Waals surface area contributed by atoms with E-state index in [4.69, 9.17) is 0 Å². The van der Waals surface area contributed by atoms with E-state index in [9.17, 15) is 0 Å². The summed E-state index contributed by atoms with van der Waals surface area (Å²) in [5.41, 5.74) is 0. The van der Waals surface area contributed by atoms with Gasteiger partial charge in [-0.25, -0.2) is 0 Å². The zero-order chi connectivity index (χ0) is 11.3. The van der Waals surface area contributed by atoms with Gasteiger partial charge in [0.05, 0.1) is 0 Å². The van der Waals surface area contributed by atoms with Crippen molar-refractivity contribution in [2.45, 2.75) is 43.4 Å². The number of rotatable bonds is 5. The summed E-state index contributed by atoms with van der Waals surface area (Å²) in [5.74, 6) is 0. The molecule has 1 aliphatic rings. The lowest BCUT2D eigenvalue weighted by Gasteiger charge is -2.36. The van der Waals surface area contributed by atoms with Crippen molar-refractivity contribution >= 4 is 23.1 Å². The Balaban J connectivity index is 1.78. The molecule has 1 N–H and O–H groups in total. The minimum atomic E-state index is 0.523. The van der Waals surface area contributed by atoms with Crippen molar-refractivity contribution in [1.29, 1.82) is 0 Å².